The highest BCUT2D eigenvalue weighted by Gasteiger charge is 2.62. The summed E-state index contributed by atoms with van der Waals surface area (Å²) in [5.41, 5.74) is 3.40. The molecule has 2 bridgehead atoms. The lowest BCUT2D eigenvalue weighted by molar-refractivity contribution is -0.122. The topological polar surface area (TPSA) is 37.4 Å². The predicted octanol–water partition coefficient (Wildman–Crippen LogP) is 4.79. The third-order valence-electron chi connectivity index (χ3n) is 6.19. The molecule has 0 unspecified atom stereocenters. The van der Waals surface area contributed by atoms with Gasteiger partial charge in [0.1, 0.15) is 0 Å². The van der Waals surface area contributed by atoms with Gasteiger partial charge in [0.25, 0.3) is 0 Å². The molecule has 2 amide bonds. The second-order valence-corrected chi connectivity index (χ2v) is 8.18. The molecule has 3 aliphatic carbocycles. The van der Waals surface area contributed by atoms with Gasteiger partial charge >= 0.3 is 0 Å². The van der Waals surface area contributed by atoms with E-state index >= 15 is 0 Å². The lowest BCUT2D eigenvalue weighted by Gasteiger charge is -2.20. The van der Waals surface area contributed by atoms with Gasteiger partial charge in [-0.15, -0.1) is 0 Å². The summed E-state index contributed by atoms with van der Waals surface area (Å²) in [4.78, 5) is 27.6. The van der Waals surface area contributed by atoms with Crippen molar-refractivity contribution in [1.29, 1.82) is 0 Å². The summed E-state index contributed by atoms with van der Waals surface area (Å²) in [7, 11) is 0. The molecule has 3 fully saturated rings. The molecule has 0 spiro atoms. The van der Waals surface area contributed by atoms with Crippen molar-refractivity contribution in [1.82, 2.24) is 0 Å². The highest BCUT2D eigenvalue weighted by atomic mass is 35.5. The van der Waals surface area contributed by atoms with Gasteiger partial charge in [0.2, 0.25) is 11.8 Å². The number of anilines is 1. The van der Waals surface area contributed by atoms with Crippen molar-refractivity contribution in [3.05, 3.63) is 51.5 Å². The van der Waals surface area contributed by atoms with Gasteiger partial charge in [-0.05, 0) is 43.9 Å². The van der Waals surface area contributed by atoms with Crippen molar-refractivity contribution in [2.75, 3.05) is 4.90 Å². The molecular weight excluding hydrogens is 357 g/mol. The zero-order chi connectivity index (χ0) is 17.3. The molecule has 0 N–H and O–H groups in total. The summed E-state index contributed by atoms with van der Waals surface area (Å²) in [5, 5.41) is 0.770. The first kappa shape index (κ1) is 15.7. The fraction of sp³-hybridized carbons (Fsp3) is 0.400. The SMILES string of the molecule is O=C1[C@@H]2[C@H](C(=O)N1c1ccc(Cl)c(Cl)c1)[C@H]1C=C[C@H]2C1=C1CCCC1. The number of rotatable bonds is 1. The smallest absolute Gasteiger partial charge is 0.238 e. The minimum atomic E-state index is -0.250. The van der Waals surface area contributed by atoms with Crippen LogP contribution in [0.25, 0.3) is 0 Å². The van der Waals surface area contributed by atoms with Crippen molar-refractivity contribution < 1.29 is 9.59 Å². The van der Waals surface area contributed by atoms with E-state index in [-0.39, 0.29) is 35.5 Å². The maximum atomic E-state index is 13.1. The maximum absolute atomic E-state index is 13.1. The van der Waals surface area contributed by atoms with Gasteiger partial charge in [-0.1, -0.05) is 46.5 Å². The number of carbonyl (C=O) groups excluding carboxylic acids is 2. The van der Waals surface area contributed by atoms with Crippen LogP contribution in [0, 0.1) is 23.7 Å². The molecule has 5 heteroatoms. The summed E-state index contributed by atoms with van der Waals surface area (Å²) in [6.45, 7) is 0. The average Bonchev–Trinajstić information content (AvgIpc) is 3.33. The average molecular weight is 374 g/mol. The normalized spacial score (nSPS) is 33.1. The molecular formula is C20H17Cl2NO2. The maximum Gasteiger partial charge on any atom is 0.238 e. The zero-order valence-electron chi connectivity index (χ0n) is 13.5. The van der Waals surface area contributed by atoms with E-state index < -0.39 is 0 Å². The Hall–Kier alpha value is -1.58. The molecule has 25 heavy (non-hydrogen) atoms. The number of carbonyl (C=O) groups is 2. The Kier molecular flexibility index (Phi) is 3.42. The van der Waals surface area contributed by atoms with E-state index in [0.29, 0.717) is 15.7 Å². The van der Waals surface area contributed by atoms with Gasteiger partial charge < -0.3 is 0 Å². The number of amides is 2. The summed E-state index contributed by atoms with van der Waals surface area (Å²) < 4.78 is 0. The van der Waals surface area contributed by atoms with Crippen LogP contribution < -0.4 is 4.90 Å². The molecule has 4 aliphatic rings. The largest absolute Gasteiger partial charge is 0.274 e. The van der Waals surface area contributed by atoms with Crippen LogP contribution in [0.5, 0.6) is 0 Å². The van der Waals surface area contributed by atoms with E-state index in [1.54, 1.807) is 18.2 Å². The summed E-state index contributed by atoms with van der Waals surface area (Å²) >= 11 is 12.1. The number of benzene rings is 1. The molecule has 0 aromatic heterocycles. The van der Waals surface area contributed by atoms with Crippen molar-refractivity contribution >= 4 is 40.7 Å². The van der Waals surface area contributed by atoms with Gasteiger partial charge in [0.05, 0.1) is 27.6 Å². The number of hydrogen-bond acceptors (Lipinski definition) is 2. The highest BCUT2D eigenvalue weighted by Crippen LogP contribution is 2.58. The molecule has 5 rings (SSSR count). The van der Waals surface area contributed by atoms with E-state index in [4.69, 9.17) is 23.2 Å². The van der Waals surface area contributed by atoms with Crippen LogP contribution >= 0.6 is 23.2 Å². The van der Waals surface area contributed by atoms with Crippen molar-refractivity contribution in [2.24, 2.45) is 23.7 Å². The van der Waals surface area contributed by atoms with Gasteiger partial charge in [-0.3, -0.25) is 9.59 Å². The Morgan fingerprint density at radius 2 is 1.48 bits per heavy atom. The number of allylic oxidation sites excluding steroid dienone is 4. The van der Waals surface area contributed by atoms with E-state index in [1.165, 1.54) is 28.9 Å². The fourth-order valence-corrected chi connectivity index (χ4v) is 5.50. The van der Waals surface area contributed by atoms with Crippen LogP contribution in [0.2, 0.25) is 10.0 Å². The summed E-state index contributed by atoms with van der Waals surface area (Å²) in [5.74, 6) is -0.484. The molecule has 1 heterocycles. The third kappa shape index (κ3) is 2.06. The van der Waals surface area contributed by atoms with Gasteiger partial charge in [-0.2, -0.15) is 0 Å². The Morgan fingerprint density at radius 3 is 2.04 bits per heavy atom. The Labute approximate surface area is 156 Å². The molecule has 1 aromatic rings. The lowest BCUT2D eigenvalue weighted by atomic mass is 9.85. The third-order valence-corrected chi connectivity index (χ3v) is 6.93. The number of halogens is 2. The minimum Gasteiger partial charge on any atom is -0.274 e. The fourth-order valence-electron chi connectivity index (χ4n) is 5.20. The molecule has 1 aromatic carbocycles. The van der Waals surface area contributed by atoms with Crippen molar-refractivity contribution in [2.45, 2.75) is 25.7 Å². The quantitative estimate of drug-likeness (QED) is 0.524. The Morgan fingerprint density at radius 1 is 0.880 bits per heavy atom. The summed E-state index contributed by atoms with van der Waals surface area (Å²) in [6, 6.07) is 4.93. The zero-order valence-corrected chi connectivity index (χ0v) is 15.1. The Bertz CT molecular complexity index is 830. The van der Waals surface area contributed by atoms with Crippen LogP contribution in [0.1, 0.15) is 25.7 Å². The summed E-state index contributed by atoms with van der Waals surface area (Å²) in [6.07, 6.45) is 9.01. The van der Waals surface area contributed by atoms with Crippen LogP contribution in [0.4, 0.5) is 5.69 Å². The molecule has 128 valence electrons. The number of hydrogen-bond donors (Lipinski definition) is 0. The molecule has 0 radical (unpaired) electrons. The molecule has 2 saturated carbocycles. The van der Waals surface area contributed by atoms with Crippen molar-refractivity contribution in [3.63, 3.8) is 0 Å². The highest BCUT2D eigenvalue weighted by molar-refractivity contribution is 6.42. The molecule has 1 saturated heterocycles. The van der Waals surface area contributed by atoms with E-state index in [9.17, 15) is 9.59 Å². The van der Waals surface area contributed by atoms with Crippen LogP contribution in [-0.2, 0) is 9.59 Å². The van der Waals surface area contributed by atoms with Crippen molar-refractivity contribution in [3.8, 4) is 0 Å². The van der Waals surface area contributed by atoms with E-state index in [0.717, 1.165) is 12.8 Å². The molecule has 3 nitrogen and oxygen atoms in total. The van der Waals surface area contributed by atoms with Gasteiger partial charge in [-0.25, -0.2) is 4.90 Å². The number of nitrogens with zero attached hydrogens (tertiary/aromatic N) is 1. The molecule has 1 aliphatic heterocycles. The van der Waals surface area contributed by atoms with E-state index in [1.807, 2.05) is 0 Å². The number of imide groups is 1. The van der Waals surface area contributed by atoms with E-state index in [2.05, 4.69) is 12.2 Å². The Balaban J connectivity index is 1.55. The second-order valence-electron chi connectivity index (χ2n) is 7.36. The van der Waals surface area contributed by atoms with Gasteiger partial charge in [0.15, 0.2) is 0 Å². The first-order valence-corrected chi connectivity index (χ1v) is 9.56. The standard InChI is InChI=1S/C20H17Cl2NO2/c21-14-8-5-11(9-15(14)22)23-19(24)17-12-6-7-13(18(17)20(23)25)16(12)10-3-1-2-4-10/h5-9,12-13,17-18H,1-4H2/t12-,13-,17-,18+/m0/s1. The monoisotopic (exact) mass is 373 g/mol. The first-order chi connectivity index (χ1) is 12.1. The molecule has 4 atom stereocenters. The number of fused-ring (bicyclic) bond motifs is 5. The predicted molar refractivity (Wildman–Crippen MR) is 97.5 cm³/mol. The van der Waals surface area contributed by atoms with Crippen LogP contribution in [-0.4, -0.2) is 11.8 Å². The first-order valence-electron chi connectivity index (χ1n) is 8.81. The lowest BCUT2D eigenvalue weighted by Crippen LogP contribution is -2.33. The minimum absolute atomic E-state index is 0.0960. The second kappa shape index (κ2) is 5.46. The van der Waals surface area contributed by atoms with Gasteiger partial charge in [0, 0.05) is 11.8 Å². The van der Waals surface area contributed by atoms with Crippen LogP contribution in [0.3, 0.4) is 0 Å². The van der Waals surface area contributed by atoms with Crippen LogP contribution in [0.15, 0.2) is 41.5 Å².